The topological polar surface area (TPSA) is 41.4 Å². The molecule has 1 aromatic carbocycles. The molecule has 3 heterocycles. The van der Waals surface area contributed by atoms with Crippen molar-refractivity contribution < 1.29 is 4.79 Å². The molecule has 4 rings (SSSR count). The molecule has 1 atom stereocenters. The van der Waals surface area contributed by atoms with Crippen LogP contribution in [0.4, 0.5) is 0 Å². The minimum atomic E-state index is -0.0231. The van der Waals surface area contributed by atoms with E-state index in [0.29, 0.717) is 0 Å². The van der Waals surface area contributed by atoms with Crippen LogP contribution in [0.25, 0.3) is 10.4 Å². The fraction of sp³-hybridized carbons (Fsp3) is 0.417. The highest BCUT2D eigenvalue weighted by molar-refractivity contribution is 7.13. The molecule has 30 heavy (non-hydrogen) atoms. The summed E-state index contributed by atoms with van der Waals surface area (Å²) in [6.45, 7) is 9.15. The number of nitrogens with zero attached hydrogens (tertiary/aromatic N) is 4. The van der Waals surface area contributed by atoms with Gasteiger partial charge in [0.15, 0.2) is 0 Å². The Kier molecular flexibility index (Phi) is 6.65. The second-order valence-corrected chi connectivity index (χ2v) is 8.81. The van der Waals surface area contributed by atoms with E-state index >= 15 is 0 Å². The number of hydrogen-bond acceptors (Lipinski definition) is 4. The summed E-state index contributed by atoms with van der Waals surface area (Å²) in [5.41, 5.74) is 2.46. The van der Waals surface area contributed by atoms with E-state index in [1.165, 1.54) is 16.0 Å². The Hall–Kier alpha value is -2.44. The summed E-state index contributed by atoms with van der Waals surface area (Å²) >= 11 is 1.75. The van der Waals surface area contributed by atoms with Crippen LogP contribution in [0.2, 0.25) is 0 Å². The van der Waals surface area contributed by atoms with E-state index in [1.807, 2.05) is 17.3 Å². The van der Waals surface area contributed by atoms with Crippen LogP contribution in [0.15, 0.2) is 54.2 Å². The van der Waals surface area contributed by atoms with Gasteiger partial charge in [0.05, 0.1) is 12.5 Å². The van der Waals surface area contributed by atoms with Gasteiger partial charge in [-0.3, -0.25) is 9.69 Å². The van der Waals surface area contributed by atoms with E-state index in [4.69, 9.17) is 0 Å². The molecule has 0 N–H and O–H groups in total. The number of thiophene rings is 1. The standard InChI is InChI=1S/C24H30N4OS/c1-3-27-12-11-25-23(27)18-26-13-14-28(4-2)24(29)21(17-26)16-19-7-9-20(10-8-19)22-6-5-15-30-22/h5-12,15,21H,3-4,13-14,16-18H2,1-2H3. The number of aromatic nitrogens is 2. The monoisotopic (exact) mass is 422 g/mol. The first-order valence-corrected chi connectivity index (χ1v) is 11.7. The van der Waals surface area contributed by atoms with E-state index in [9.17, 15) is 4.79 Å². The molecule has 0 aliphatic carbocycles. The number of carbonyl (C=O) groups is 1. The molecule has 0 saturated carbocycles. The number of rotatable bonds is 7. The number of benzene rings is 1. The highest BCUT2D eigenvalue weighted by Gasteiger charge is 2.30. The normalized spacial score (nSPS) is 18.0. The van der Waals surface area contributed by atoms with Crippen LogP contribution in [-0.4, -0.2) is 51.4 Å². The molecule has 1 saturated heterocycles. The minimum absolute atomic E-state index is 0.0231. The Bertz CT molecular complexity index is 948. The second kappa shape index (κ2) is 9.58. The fourth-order valence-electron chi connectivity index (χ4n) is 4.23. The third-order valence-electron chi connectivity index (χ3n) is 5.96. The largest absolute Gasteiger partial charge is 0.341 e. The van der Waals surface area contributed by atoms with Gasteiger partial charge in [-0.1, -0.05) is 30.3 Å². The molecule has 1 aliphatic rings. The summed E-state index contributed by atoms with van der Waals surface area (Å²) in [4.78, 5) is 23.4. The molecule has 0 radical (unpaired) electrons. The lowest BCUT2D eigenvalue weighted by atomic mass is 9.96. The van der Waals surface area contributed by atoms with Crippen molar-refractivity contribution in [3.8, 4) is 10.4 Å². The maximum absolute atomic E-state index is 13.2. The van der Waals surface area contributed by atoms with Crippen LogP contribution in [0.3, 0.4) is 0 Å². The highest BCUT2D eigenvalue weighted by Crippen LogP contribution is 2.26. The molecule has 158 valence electrons. The Balaban J connectivity index is 1.49. The molecule has 6 heteroatoms. The molecule has 5 nitrogen and oxygen atoms in total. The molecule has 1 aliphatic heterocycles. The average Bonchev–Trinajstić information content (AvgIpc) is 3.43. The van der Waals surface area contributed by atoms with E-state index in [1.54, 1.807) is 11.3 Å². The predicted molar refractivity (Wildman–Crippen MR) is 122 cm³/mol. The predicted octanol–water partition coefficient (Wildman–Crippen LogP) is 4.15. The number of aryl methyl sites for hydroxylation is 1. The van der Waals surface area contributed by atoms with Crippen molar-refractivity contribution in [2.24, 2.45) is 5.92 Å². The van der Waals surface area contributed by atoms with Crippen molar-refractivity contribution >= 4 is 17.2 Å². The van der Waals surface area contributed by atoms with Crippen molar-refractivity contribution in [1.29, 1.82) is 0 Å². The number of imidazole rings is 1. The van der Waals surface area contributed by atoms with Crippen molar-refractivity contribution in [2.45, 2.75) is 33.4 Å². The lowest BCUT2D eigenvalue weighted by molar-refractivity contribution is -0.134. The van der Waals surface area contributed by atoms with Gasteiger partial charge in [-0.15, -0.1) is 11.3 Å². The van der Waals surface area contributed by atoms with Crippen LogP contribution in [0.1, 0.15) is 25.2 Å². The van der Waals surface area contributed by atoms with Gasteiger partial charge in [0.1, 0.15) is 5.82 Å². The van der Waals surface area contributed by atoms with Gasteiger partial charge in [0, 0.05) is 50.0 Å². The van der Waals surface area contributed by atoms with Crippen LogP contribution >= 0.6 is 11.3 Å². The van der Waals surface area contributed by atoms with Crippen LogP contribution in [0, 0.1) is 5.92 Å². The van der Waals surface area contributed by atoms with Crippen molar-refractivity contribution in [1.82, 2.24) is 19.4 Å². The Morgan fingerprint density at radius 2 is 1.93 bits per heavy atom. The summed E-state index contributed by atoms with van der Waals surface area (Å²) in [5.74, 6) is 1.33. The highest BCUT2D eigenvalue weighted by atomic mass is 32.1. The van der Waals surface area contributed by atoms with Crippen molar-refractivity contribution in [2.75, 3.05) is 26.2 Å². The Morgan fingerprint density at radius 1 is 1.10 bits per heavy atom. The van der Waals surface area contributed by atoms with E-state index in [2.05, 4.69) is 70.1 Å². The molecule has 0 spiro atoms. The first kappa shape index (κ1) is 20.8. The summed E-state index contributed by atoms with van der Waals surface area (Å²) in [5, 5.41) is 2.10. The maximum Gasteiger partial charge on any atom is 0.227 e. The molecule has 0 bridgehead atoms. The zero-order chi connectivity index (χ0) is 20.9. The average molecular weight is 423 g/mol. The van der Waals surface area contributed by atoms with Gasteiger partial charge in [0.25, 0.3) is 0 Å². The summed E-state index contributed by atoms with van der Waals surface area (Å²) in [7, 11) is 0. The van der Waals surface area contributed by atoms with Gasteiger partial charge < -0.3 is 9.47 Å². The number of likely N-dealkylation sites (N-methyl/N-ethyl adjacent to an activating group) is 1. The summed E-state index contributed by atoms with van der Waals surface area (Å²) < 4.78 is 2.18. The lowest BCUT2D eigenvalue weighted by Crippen LogP contribution is -2.37. The third-order valence-corrected chi connectivity index (χ3v) is 6.88. The van der Waals surface area contributed by atoms with Crippen molar-refractivity contribution in [3.63, 3.8) is 0 Å². The van der Waals surface area contributed by atoms with Crippen LogP contribution in [-0.2, 0) is 24.3 Å². The van der Waals surface area contributed by atoms with E-state index in [-0.39, 0.29) is 11.8 Å². The second-order valence-electron chi connectivity index (χ2n) is 7.86. The fourth-order valence-corrected chi connectivity index (χ4v) is 4.97. The zero-order valence-electron chi connectivity index (χ0n) is 17.8. The molecular formula is C24H30N4OS. The smallest absolute Gasteiger partial charge is 0.227 e. The lowest BCUT2D eigenvalue weighted by Gasteiger charge is -2.23. The maximum atomic E-state index is 13.2. The van der Waals surface area contributed by atoms with Gasteiger partial charge in [-0.05, 0) is 42.8 Å². The van der Waals surface area contributed by atoms with E-state index < -0.39 is 0 Å². The third kappa shape index (κ3) is 4.65. The first-order chi connectivity index (χ1) is 14.7. The van der Waals surface area contributed by atoms with Gasteiger partial charge in [0.2, 0.25) is 5.91 Å². The quantitative estimate of drug-likeness (QED) is 0.574. The minimum Gasteiger partial charge on any atom is -0.341 e. The molecule has 1 unspecified atom stereocenters. The molecule has 3 aromatic rings. The van der Waals surface area contributed by atoms with Crippen LogP contribution < -0.4 is 0 Å². The number of carbonyl (C=O) groups excluding carboxylic acids is 1. The number of hydrogen-bond donors (Lipinski definition) is 0. The summed E-state index contributed by atoms with van der Waals surface area (Å²) in [6, 6.07) is 12.9. The summed E-state index contributed by atoms with van der Waals surface area (Å²) in [6.07, 6.45) is 4.68. The Labute approximate surface area is 183 Å². The first-order valence-electron chi connectivity index (χ1n) is 10.8. The molecule has 2 aromatic heterocycles. The molecule has 1 amide bonds. The van der Waals surface area contributed by atoms with E-state index in [0.717, 1.165) is 51.5 Å². The van der Waals surface area contributed by atoms with Crippen molar-refractivity contribution in [3.05, 3.63) is 65.6 Å². The van der Waals surface area contributed by atoms with Gasteiger partial charge >= 0.3 is 0 Å². The van der Waals surface area contributed by atoms with Crippen LogP contribution in [0.5, 0.6) is 0 Å². The van der Waals surface area contributed by atoms with Gasteiger partial charge in [-0.25, -0.2) is 4.98 Å². The zero-order valence-corrected chi connectivity index (χ0v) is 18.6. The Morgan fingerprint density at radius 3 is 2.63 bits per heavy atom. The number of amides is 1. The molecular weight excluding hydrogens is 392 g/mol. The SMILES string of the molecule is CCN1CCN(Cc2nccn2CC)CC(Cc2ccc(-c3cccs3)cc2)C1=O. The molecule has 1 fully saturated rings. The van der Waals surface area contributed by atoms with Gasteiger partial charge in [-0.2, -0.15) is 0 Å².